The van der Waals surface area contributed by atoms with Crippen molar-refractivity contribution >= 4 is 11.8 Å². The molecule has 2 aromatic carbocycles. The molecule has 0 saturated carbocycles. The quantitative estimate of drug-likeness (QED) is 0.429. The Morgan fingerprint density at radius 2 is 1.18 bits per heavy atom. The Morgan fingerprint density at radius 1 is 0.714 bits per heavy atom. The zero-order valence-corrected chi connectivity index (χ0v) is 20.1. The Hall–Kier alpha value is -1.21. The molecule has 0 radical (unpaired) electrons. The van der Waals surface area contributed by atoms with Gasteiger partial charge in [-0.1, -0.05) is 97.0 Å². The molecule has 28 heavy (non-hydrogen) atoms. The standard InChI is InChI=1S/C27H40S/c1-9-20(4)22-12-14-23(15-13-22)21(5)28-27(10-2,11-3)25-18-16-24(17-19-25)26(6,7)8/h12-21H,9-11H2,1-8H3. The second kappa shape index (κ2) is 9.53. The van der Waals surface area contributed by atoms with Crippen LogP contribution in [0.25, 0.3) is 0 Å². The molecule has 0 spiro atoms. The van der Waals surface area contributed by atoms with Crippen molar-refractivity contribution in [1.29, 1.82) is 0 Å². The molecule has 0 aromatic heterocycles. The second-order valence-electron chi connectivity index (χ2n) is 9.26. The SMILES string of the molecule is CCC(C)c1ccc(C(C)SC(CC)(CC)c2ccc(C(C)(C)C)cc2)cc1. The summed E-state index contributed by atoms with van der Waals surface area (Å²) in [6.07, 6.45) is 3.50. The Labute approximate surface area is 178 Å². The van der Waals surface area contributed by atoms with Crippen LogP contribution in [-0.4, -0.2) is 0 Å². The summed E-state index contributed by atoms with van der Waals surface area (Å²) in [6.45, 7) is 18.5. The summed E-state index contributed by atoms with van der Waals surface area (Å²) >= 11 is 2.13. The molecule has 0 aliphatic rings. The van der Waals surface area contributed by atoms with Crippen LogP contribution in [0.3, 0.4) is 0 Å². The third kappa shape index (κ3) is 5.23. The fourth-order valence-electron chi connectivity index (χ4n) is 3.90. The van der Waals surface area contributed by atoms with Gasteiger partial charge in [0.15, 0.2) is 0 Å². The number of hydrogen-bond donors (Lipinski definition) is 0. The number of benzene rings is 2. The fraction of sp³-hybridized carbons (Fsp3) is 0.556. The first kappa shape index (κ1) is 23.1. The van der Waals surface area contributed by atoms with Crippen LogP contribution in [0, 0.1) is 0 Å². The highest BCUT2D eigenvalue weighted by Crippen LogP contribution is 2.50. The third-order valence-electron chi connectivity index (χ3n) is 6.41. The molecule has 2 rings (SSSR count). The molecule has 0 bridgehead atoms. The maximum Gasteiger partial charge on any atom is 0.0409 e. The maximum absolute atomic E-state index is 2.37. The topological polar surface area (TPSA) is 0 Å². The predicted octanol–water partition coefficient (Wildman–Crippen LogP) is 9.01. The molecule has 2 unspecified atom stereocenters. The van der Waals surface area contributed by atoms with E-state index in [0.29, 0.717) is 11.2 Å². The van der Waals surface area contributed by atoms with Crippen molar-refractivity contribution < 1.29 is 0 Å². The number of rotatable bonds is 8. The lowest BCUT2D eigenvalue weighted by Gasteiger charge is -2.35. The molecule has 0 amide bonds. The van der Waals surface area contributed by atoms with Crippen molar-refractivity contribution in [2.24, 2.45) is 0 Å². The van der Waals surface area contributed by atoms with Crippen LogP contribution in [0.15, 0.2) is 48.5 Å². The number of hydrogen-bond acceptors (Lipinski definition) is 1. The zero-order chi connectivity index (χ0) is 20.9. The lowest BCUT2D eigenvalue weighted by atomic mass is 9.84. The van der Waals surface area contributed by atoms with Crippen LogP contribution in [0.1, 0.15) is 108 Å². The molecule has 0 fully saturated rings. The number of thioether (sulfide) groups is 1. The average Bonchev–Trinajstić information content (AvgIpc) is 2.71. The Bertz CT molecular complexity index is 714. The molecule has 0 saturated heterocycles. The summed E-state index contributed by atoms with van der Waals surface area (Å²) in [5.41, 5.74) is 5.99. The maximum atomic E-state index is 2.37. The minimum Gasteiger partial charge on any atom is -0.142 e. The van der Waals surface area contributed by atoms with Crippen molar-refractivity contribution in [2.45, 2.75) is 96.0 Å². The molecule has 0 N–H and O–H groups in total. The molecule has 0 aliphatic heterocycles. The van der Waals surface area contributed by atoms with Crippen molar-refractivity contribution in [3.8, 4) is 0 Å². The van der Waals surface area contributed by atoms with Crippen LogP contribution < -0.4 is 0 Å². The van der Waals surface area contributed by atoms with Gasteiger partial charge in [-0.05, 0) is 59.8 Å². The summed E-state index contributed by atoms with van der Waals surface area (Å²) < 4.78 is 0.172. The molecule has 2 atom stereocenters. The summed E-state index contributed by atoms with van der Waals surface area (Å²) in [4.78, 5) is 0. The first-order valence-electron chi connectivity index (χ1n) is 11.1. The van der Waals surface area contributed by atoms with Crippen LogP contribution in [0.4, 0.5) is 0 Å². The minimum absolute atomic E-state index is 0.172. The molecule has 154 valence electrons. The lowest BCUT2D eigenvalue weighted by molar-refractivity contribution is 0.570. The van der Waals surface area contributed by atoms with Crippen LogP contribution in [-0.2, 0) is 10.2 Å². The molecule has 0 nitrogen and oxygen atoms in total. The third-order valence-corrected chi connectivity index (χ3v) is 8.30. The van der Waals surface area contributed by atoms with Crippen molar-refractivity contribution in [3.05, 3.63) is 70.8 Å². The minimum atomic E-state index is 0.172. The van der Waals surface area contributed by atoms with Crippen molar-refractivity contribution in [3.63, 3.8) is 0 Å². The smallest absolute Gasteiger partial charge is 0.0409 e. The normalized spacial score (nSPS) is 14.7. The van der Waals surface area contributed by atoms with Gasteiger partial charge >= 0.3 is 0 Å². The van der Waals surface area contributed by atoms with E-state index in [1.165, 1.54) is 28.7 Å². The largest absolute Gasteiger partial charge is 0.142 e. The monoisotopic (exact) mass is 396 g/mol. The molecular formula is C27H40S. The van der Waals surface area contributed by atoms with E-state index in [2.05, 4.69) is 116 Å². The van der Waals surface area contributed by atoms with Crippen molar-refractivity contribution in [2.75, 3.05) is 0 Å². The van der Waals surface area contributed by atoms with Gasteiger partial charge in [-0.2, -0.15) is 0 Å². The molecule has 2 aromatic rings. The van der Waals surface area contributed by atoms with Crippen LogP contribution in [0.2, 0.25) is 0 Å². The van der Waals surface area contributed by atoms with Crippen LogP contribution in [0.5, 0.6) is 0 Å². The Balaban J connectivity index is 2.25. The van der Waals surface area contributed by atoms with E-state index in [-0.39, 0.29) is 10.2 Å². The molecule has 0 aliphatic carbocycles. The van der Waals surface area contributed by atoms with Gasteiger partial charge in [0, 0.05) is 10.00 Å². The van der Waals surface area contributed by atoms with Gasteiger partial charge in [-0.15, -0.1) is 11.8 Å². The summed E-state index contributed by atoms with van der Waals surface area (Å²) in [5, 5.41) is 0.480. The van der Waals surface area contributed by atoms with Gasteiger partial charge < -0.3 is 0 Å². The van der Waals surface area contributed by atoms with E-state index >= 15 is 0 Å². The lowest BCUT2D eigenvalue weighted by Crippen LogP contribution is -2.22. The highest BCUT2D eigenvalue weighted by molar-refractivity contribution is 8.00. The Morgan fingerprint density at radius 3 is 1.61 bits per heavy atom. The van der Waals surface area contributed by atoms with Gasteiger partial charge in [-0.25, -0.2) is 0 Å². The van der Waals surface area contributed by atoms with E-state index in [9.17, 15) is 0 Å². The van der Waals surface area contributed by atoms with Gasteiger partial charge in [0.05, 0.1) is 0 Å². The van der Waals surface area contributed by atoms with E-state index in [1.807, 2.05) is 0 Å². The highest BCUT2D eigenvalue weighted by atomic mass is 32.2. The second-order valence-corrected chi connectivity index (χ2v) is 11.0. The van der Waals surface area contributed by atoms with Gasteiger partial charge in [0.25, 0.3) is 0 Å². The molecule has 0 heterocycles. The molecule has 1 heteroatoms. The first-order valence-corrected chi connectivity index (χ1v) is 11.9. The van der Waals surface area contributed by atoms with E-state index in [0.717, 1.165) is 12.8 Å². The van der Waals surface area contributed by atoms with Crippen LogP contribution >= 0.6 is 11.8 Å². The molecular weight excluding hydrogens is 356 g/mol. The summed E-state index contributed by atoms with van der Waals surface area (Å²) in [7, 11) is 0. The zero-order valence-electron chi connectivity index (χ0n) is 19.3. The predicted molar refractivity (Wildman–Crippen MR) is 129 cm³/mol. The average molecular weight is 397 g/mol. The fourth-order valence-corrected chi connectivity index (χ4v) is 5.48. The Kier molecular flexibility index (Phi) is 7.85. The highest BCUT2D eigenvalue weighted by Gasteiger charge is 2.32. The van der Waals surface area contributed by atoms with Gasteiger partial charge in [-0.3, -0.25) is 0 Å². The summed E-state index contributed by atoms with van der Waals surface area (Å²) in [6, 6.07) is 18.8. The van der Waals surface area contributed by atoms with Crippen molar-refractivity contribution in [1.82, 2.24) is 0 Å². The summed E-state index contributed by atoms with van der Waals surface area (Å²) in [5.74, 6) is 0.642. The van der Waals surface area contributed by atoms with Gasteiger partial charge in [0.1, 0.15) is 0 Å². The van der Waals surface area contributed by atoms with E-state index in [1.54, 1.807) is 0 Å². The first-order chi connectivity index (χ1) is 13.2. The van der Waals surface area contributed by atoms with E-state index in [4.69, 9.17) is 0 Å². The van der Waals surface area contributed by atoms with E-state index < -0.39 is 0 Å². The van der Waals surface area contributed by atoms with Gasteiger partial charge in [0.2, 0.25) is 0 Å².